The number of hydrogen-bond acceptors (Lipinski definition) is 4. The van der Waals surface area contributed by atoms with E-state index in [9.17, 15) is 13.2 Å². The maximum absolute atomic E-state index is 12.4. The summed E-state index contributed by atoms with van der Waals surface area (Å²) < 4.78 is 32.5. The van der Waals surface area contributed by atoms with E-state index in [4.69, 9.17) is 9.52 Å². The number of furan rings is 1. The van der Waals surface area contributed by atoms with Gasteiger partial charge in [-0.2, -0.15) is 0 Å². The van der Waals surface area contributed by atoms with Gasteiger partial charge in [-0.1, -0.05) is 20.8 Å². The minimum Gasteiger partial charge on any atom is -0.475 e. The average molecular weight is 303 g/mol. The van der Waals surface area contributed by atoms with Crippen molar-refractivity contribution in [2.24, 2.45) is 0 Å². The molecule has 1 aromatic rings. The van der Waals surface area contributed by atoms with Crippen LogP contribution >= 0.6 is 0 Å². The quantitative estimate of drug-likeness (QED) is 0.806. The van der Waals surface area contributed by atoms with Gasteiger partial charge >= 0.3 is 5.97 Å². The predicted octanol–water partition coefficient (Wildman–Crippen LogP) is 2.53. The fourth-order valence-electron chi connectivity index (χ4n) is 2.14. The van der Waals surface area contributed by atoms with Gasteiger partial charge in [-0.15, -0.1) is 0 Å². The van der Waals surface area contributed by atoms with Crippen LogP contribution in [0.2, 0.25) is 0 Å². The number of carboxylic acids is 1. The van der Waals surface area contributed by atoms with Crippen LogP contribution in [0, 0.1) is 6.92 Å². The molecule has 6 nitrogen and oxygen atoms in total. The van der Waals surface area contributed by atoms with Gasteiger partial charge in [0.15, 0.2) is 0 Å². The Morgan fingerprint density at radius 3 is 2.15 bits per heavy atom. The van der Waals surface area contributed by atoms with Gasteiger partial charge in [-0.05, 0) is 26.2 Å². The Morgan fingerprint density at radius 2 is 1.80 bits per heavy atom. The molecule has 0 bridgehead atoms. The molecule has 0 amide bonds. The molecule has 0 aliphatic heterocycles. The molecule has 0 radical (unpaired) electrons. The van der Waals surface area contributed by atoms with Crippen LogP contribution in [0.25, 0.3) is 0 Å². The van der Waals surface area contributed by atoms with Crippen molar-refractivity contribution in [1.29, 1.82) is 0 Å². The second-order valence-corrected chi connectivity index (χ2v) is 6.43. The lowest BCUT2D eigenvalue weighted by Crippen LogP contribution is -2.47. The molecule has 0 spiro atoms. The molecule has 0 unspecified atom stereocenters. The Labute approximate surface area is 119 Å². The Kier molecular flexibility index (Phi) is 4.99. The number of rotatable bonds is 7. The molecule has 0 aromatic carbocycles. The first-order valence-corrected chi connectivity index (χ1v) is 8.07. The van der Waals surface area contributed by atoms with Crippen molar-refractivity contribution < 1.29 is 22.7 Å². The van der Waals surface area contributed by atoms with Crippen LogP contribution in [0.4, 0.5) is 0 Å². The maximum atomic E-state index is 12.4. The van der Waals surface area contributed by atoms with Crippen molar-refractivity contribution in [2.45, 2.75) is 57.4 Å². The number of carbonyl (C=O) groups is 1. The molecule has 114 valence electrons. The van der Waals surface area contributed by atoms with Crippen molar-refractivity contribution in [2.75, 3.05) is 0 Å². The van der Waals surface area contributed by atoms with E-state index in [1.165, 1.54) is 6.92 Å². The number of hydrogen-bond donors (Lipinski definition) is 2. The third-order valence-corrected chi connectivity index (χ3v) is 5.44. The molecule has 1 rings (SSSR count). The standard InChI is InChI=1S/C13H21NO5S/c1-5-13(6-2,7-3)14-20(17,18)11-8-10(12(15)16)19-9(11)4/h8,14H,5-7H2,1-4H3,(H,15,16). The predicted molar refractivity (Wildman–Crippen MR) is 74.3 cm³/mol. The highest BCUT2D eigenvalue weighted by molar-refractivity contribution is 7.89. The topological polar surface area (TPSA) is 96.6 Å². The van der Waals surface area contributed by atoms with Crippen LogP contribution in [-0.4, -0.2) is 25.0 Å². The van der Waals surface area contributed by atoms with E-state index in [0.717, 1.165) is 6.07 Å². The summed E-state index contributed by atoms with van der Waals surface area (Å²) in [4.78, 5) is 10.7. The lowest BCUT2D eigenvalue weighted by Gasteiger charge is -2.31. The van der Waals surface area contributed by atoms with Crippen LogP contribution in [-0.2, 0) is 10.0 Å². The van der Waals surface area contributed by atoms with Crippen LogP contribution in [0.5, 0.6) is 0 Å². The first-order chi connectivity index (χ1) is 9.21. The monoisotopic (exact) mass is 303 g/mol. The van der Waals surface area contributed by atoms with Gasteiger partial charge in [-0.25, -0.2) is 17.9 Å². The largest absolute Gasteiger partial charge is 0.475 e. The summed E-state index contributed by atoms with van der Waals surface area (Å²) in [7, 11) is -3.80. The molecule has 0 saturated carbocycles. The van der Waals surface area contributed by atoms with Gasteiger partial charge in [0.2, 0.25) is 15.8 Å². The Balaban J connectivity index is 3.20. The number of sulfonamides is 1. The van der Waals surface area contributed by atoms with Crippen LogP contribution in [0.3, 0.4) is 0 Å². The minimum absolute atomic E-state index is 0.0760. The van der Waals surface area contributed by atoms with Gasteiger partial charge in [0.1, 0.15) is 10.7 Å². The van der Waals surface area contributed by atoms with Crippen molar-refractivity contribution in [1.82, 2.24) is 4.72 Å². The summed E-state index contributed by atoms with van der Waals surface area (Å²) in [5, 5.41) is 8.85. The lowest BCUT2D eigenvalue weighted by atomic mass is 9.91. The van der Waals surface area contributed by atoms with E-state index < -0.39 is 21.5 Å². The highest BCUT2D eigenvalue weighted by Crippen LogP contribution is 2.26. The van der Waals surface area contributed by atoms with Crippen LogP contribution < -0.4 is 4.72 Å². The molecule has 0 aliphatic carbocycles. The van der Waals surface area contributed by atoms with E-state index in [0.29, 0.717) is 19.3 Å². The summed E-state index contributed by atoms with van der Waals surface area (Å²) in [5.41, 5.74) is -0.522. The number of aromatic carboxylic acids is 1. The zero-order chi connectivity index (χ0) is 15.6. The van der Waals surface area contributed by atoms with E-state index in [1.54, 1.807) is 0 Å². The summed E-state index contributed by atoms with van der Waals surface area (Å²) in [6.45, 7) is 7.19. The summed E-state index contributed by atoms with van der Waals surface area (Å²) in [6, 6.07) is 1.05. The third kappa shape index (κ3) is 3.21. The smallest absolute Gasteiger partial charge is 0.371 e. The second-order valence-electron chi connectivity index (χ2n) is 4.78. The van der Waals surface area contributed by atoms with Gasteiger partial charge in [-0.3, -0.25) is 0 Å². The van der Waals surface area contributed by atoms with Crippen molar-refractivity contribution in [3.05, 3.63) is 17.6 Å². The van der Waals surface area contributed by atoms with E-state index in [-0.39, 0.29) is 16.4 Å². The normalized spacial score (nSPS) is 12.6. The Hall–Kier alpha value is -1.34. The molecule has 0 fully saturated rings. The van der Waals surface area contributed by atoms with Crippen molar-refractivity contribution in [3.63, 3.8) is 0 Å². The lowest BCUT2D eigenvalue weighted by molar-refractivity contribution is 0.0661. The third-order valence-electron chi connectivity index (χ3n) is 3.75. The number of aryl methyl sites for hydroxylation is 1. The number of carboxylic acid groups (broad SMARTS) is 1. The number of nitrogens with one attached hydrogen (secondary N) is 1. The zero-order valence-electron chi connectivity index (χ0n) is 12.2. The van der Waals surface area contributed by atoms with E-state index in [1.807, 2.05) is 20.8 Å². The first kappa shape index (κ1) is 16.7. The summed E-state index contributed by atoms with van der Waals surface area (Å²) in [6.07, 6.45) is 1.96. The molecular formula is C13H21NO5S. The molecule has 0 saturated heterocycles. The molecule has 1 aromatic heterocycles. The molecule has 7 heteroatoms. The molecule has 20 heavy (non-hydrogen) atoms. The van der Waals surface area contributed by atoms with E-state index in [2.05, 4.69) is 4.72 Å². The van der Waals surface area contributed by atoms with Gasteiger partial charge in [0.05, 0.1) is 0 Å². The first-order valence-electron chi connectivity index (χ1n) is 6.59. The zero-order valence-corrected chi connectivity index (χ0v) is 13.0. The Bertz CT molecular complexity index is 576. The maximum Gasteiger partial charge on any atom is 0.371 e. The average Bonchev–Trinajstić information content (AvgIpc) is 2.79. The highest BCUT2D eigenvalue weighted by atomic mass is 32.2. The molecule has 0 atom stereocenters. The molecule has 1 heterocycles. The highest BCUT2D eigenvalue weighted by Gasteiger charge is 2.33. The SMILES string of the molecule is CCC(CC)(CC)NS(=O)(=O)c1cc(C(=O)O)oc1C. The van der Waals surface area contributed by atoms with Gasteiger partial charge in [0.25, 0.3) is 0 Å². The van der Waals surface area contributed by atoms with Crippen molar-refractivity contribution >= 4 is 16.0 Å². The summed E-state index contributed by atoms with van der Waals surface area (Å²) in [5.74, 6) is -1.59. The van der Waals surface area contributed by atoms with Crippen molar-refractivity contribution in [3.8, 4) is 0 Å². The fourth-order valence-corrected chi connectivity index (χ4v) is 3.94. The molecular weight excluding hydrogens is 282 g/mol. The van der Waals surface area contributed by atoms with Crippen LogP contribution in [0.15, 0.2) is 15.4 Å². The van der Waals surface area contributed by atoms with Gasteiger partial charge < -0.3 is 9.52 Å². The molecule has 2 N–H and O–H groups in total. The minimum atomic E-state index is -3.80. The van der Waals surface area contributed by atoms with Gasteiger partial charge in [0, 0.05) is 11.6 Å². The Morgan fingerprint density at radius 1 is 1.30 bits per heavy atom. The van der Waals surface area contributed by atoms with E-state index >= 15 is 0 Å². The molecule has 0 aliphatic rings. The van der Waals surface area contributed by atoms with Crippen LogP contribution in [0.1, 0.15) is 56.3 Å². The summed E-state index contributed by atoms with van der Waals surface area (Å²) >= 11 is 0. The second kappa shape index (κ2) is 5.97. The fraction of sp³-hybridized carbons (Fsp3) is 0.615.